The zero-order valence-corrected chi connectivity index (χ0v) is 18.0. The topological polar surface area (TPSA) is 87.0 Å². The highest BCUT2D eigenvalue weighted by Crippen LogP contribution is 2.35. The van der Waals surface area contributed by atoms with Gasteiger partial charge in [-0.2, -0.15) is 4.99 Å². The molecule has 2 aromatic carbocycles. The fourth-order valence-corrected chi connectivity index (χ4v) is 5.35. The lowest BCUT2D eigenvalue weighted by Crippen LogP contribution is -2.18. The van der Waals surface area contributed by atoms with E-state index in [2.05, 4.69) is 11.6 Å². The lowest BCUT2D eigenvalue weighted by molar-refractivity contribution is 0.0994. The molecule has 0 radical (unpaired) electrons. The standard InChI is InChI=1S/C21H20N2O5S2/c1-3-9-23-15-12-16-17(28-11-10-27-16)13-18(15)29-21(23)22-20(24)14-7-5-6-8-19(14)30(25,26)4-2/h3,5-8,12-13H,1,4,9-11H2,2H3. The van der Waals surface area contributed by atoms with Crippen LogP contribution in [0.4, 0.5) is 0 Å². The number of rotatable bonds is 5. The zero-order valence-electron chi connectivity index (χ0n) is 16.3. The minimum atomic E-state index is -3.56. The van der Waals surface area contributed by atoms with E-state index in [4.69, 9.17) is 9.47 Å². The van der Waals surface area contributed by atoms with Crippen LogP contribution in [-0.2, 0) is 16.4 Å². The van der Waals surface area contributed by atoms with E-state index in [9.17, 15) is 13.2 Å². The number of hydrogen-bond acceptors (Lipinski definition) is 6. The van der Waals surface area contributed by atoms with Crippen molar-refractivity contribution in [2.45, 2.75) is 18.4 Å². The van der Waals surface area contributed by atoms with Gasteiger partial charge < -0.3 is 14.0 Å². The molecule has 1 amide bonds. The molecule has 0 unspecified atom stereocenters. The molecule has 0 saturated carbocycles. The Morgan fingerprint density at radius 2 is 1.93 bits per heavy atom. The van der Waals surface area contributed by atoms with Crippen molar-refractivity contribution >= 4 is 37.3 Å². The maximum absolute atomic E-state index is 13.0. The third-order valence-electron chi connectivity index (χ3n) is 4.69. The maximum atomic E-state index is 13.0. The van der Waals surface area contributed by atoms with Crippen molar-refractivity contribution in [2.75, 3.05) is 19.0 Å². The van der Waals surface area contributed by atoms with Crippen molar-refractivity contribution in [3.63, 3.8) is 0 Å². The fraction of sp³-hybridized carbons (Fsp3) is 0.238. The maximum Gasteiger partial charge on any atom is 0.280 e. The summed E-state index contributed by atoms with van der Waals surface area (Å²) >= 11 is 1.32. The Hall–Kier alpha value is -2.91. The van der Waals surface area contributed by atoms with Crippen molar-refractivity contribution in [1.29, 1.82) is 0 Å². The lowest BCUT2D eigenvalue weighted by atomic mass is 10.2. The van der Waals surface area contributed by atoms with E-state index in [1.165, 1.54) is 23.5 Å². The van der Waals surface area contributed by atoms with Crippen LogP contribution in [0.1, 0.15) is 17.3 Å². The van der Waals surface area contributed by atoms with Crippen molar-refractivity contribution < 1.29 is 22.7 Å². The van der Waals surface area contributed by atoms with Gasteiger partial charge in [0.25, 0.3) is 5.91 Å². The number of sulfone groups is 1. The molecular weight excluding hydrogens is 424 g/mol. The van der Waals surface area contributed by atoms with Gasteiger partial charge in [-0.1, -0.05) is 36.5 Å². The second-order valence-corrected chi connectivity index (χ2v) is 9.82. The average molecular weight is 445 g/mol. The van der Waals surface area contributed by atoms with E-state index >= 15 is 0 Å². The summed E-state index contributed by atoms with van der Waals surface area (Å²) in [5.74, 6) is 0.589. The summed E-state index contributed by atoms with van der Waals surface area (Å²) in [5, 5.41) is 0. The zero-order chi connectivity index (χ0) is 21.3. The van der Waals surface area contributed by atoms with Crippen molar-refractivity contribution in [3.8, 4) is 11.5 Å². The molecule has 1 aromatic heterocycles. The van der Waals surface area contributed by atoms with Gasteiger partial charge in [-0.3, -0.25) is 4.79 Å². The summed E-state index contributed by atoms with van der Waals surface area (Å²) in [6, 6.07) is 9.88. The highest BCUT2D eigenvalue weighted by Gasteiger charge is 2.21. The first-order valence-electron chi connectivity index (χ1n) is 9.39. The van der Waals surface area contributed by atoms with E-state index in [0.29, 0.717) is 36.1 Å². The number of carbonyl (C=O) groups is 1. The first-order chi connectivity index (χ1) is 14.4. The molecule has 1 aliphatic rings. The SMILES string of the molecule is C=CCn1c(=NC(=O)c2ccccc2S(=O)(=O)CC)sc2cc3c(cc21)OCCO3. The Morgan fingerprint density at radius 1 is 1.23 bits per heavy atom. The van der Waals surface area contributed by atoms with Gasteiger partial charge in [0, 0.05) is 18.7 Å². The largest absolute Gasteiger partial charge is 0.486 e. The highest BCUT2D eigenvalue weighted by atomic mass is 32.2. The van der Waals surface area contributed by atoms with E-state index in [1.54, 1.807) is 25.1 Å². The van der Waals surface area contributed by atoms with E-state index < -0.39 is 15.7 Å². The number of allylic oxidation sites excluding steroid dienone is 1. The van der Waals surface area contributed by atoms with Gasteiger partial charge in [0.15, 0.2) is 26.1 Å². The molecule has 3 aromatic rings. The van der Waals surface area contributed by atoms with Crippen LogP contribution < -0.4 is 14.3 Å². The smallest absolute Gasteiger partial charge is 0.280 e. The number of aromatic nitrogens is 1. The number of nitrogens with zero attached hydrogens (tertiary/aromatic N) is 2. The molecule has 1 aliphatic heterocycles. The molecule has 0 fully saturated rings. The summed E-state index contributed by atoms with van der Waals surface area (Å²) in [5.41, 5.74) is 0.901. The Morgan fingerprint density at radius 3 is 2.63 bits per heavy atom. The molecule has 0 atom stereocenters. The van der Waals surface area contributed by atoms with Crippen LogP contribution in [0.3, 0.4) is 0 Å². The number of fused-ring (bicyclic) bond motifs is 2. The van der Waals surface area contributed by atoms with E-state index in [-0.39, 0.29) is 16.2 Å². The molecule has 4 rings (SSSR count). The Balaban J connectivity index is 1.88. The van der Waals surface area contributed by atoms with Gasteiger partial charge >= 0.3 is 0 Å². The van der Waals surface area contributed by atoms with Gasteiger partial charge in [-0.15, -0.1) is 6.58 Å². The summed E-state index contributed by atoms with van der Waals surface area (Å²) < 4.78 is 38.8. The molecule has 0 bridgehead atoms. The van der Waals surface area contributed by atoms with Crippen LogP contribution in [-0.4, -0.2) is 37.9 Å². The van der Waals surface area contributed by atoms with Crippen LogP contribution in [0.2, 0.25) is 0 Å². The summed E-state index contributed by atoms with van der Waals surface area (Å²) in [6.07, 6.45) is 1.71. The first kappa shape index (κ1) is 20.4. The normalized spacial score (nSPS) is 14.1. The van der Waals surface area contributed by atoms with Gasteiger partial charge in [0.2, 0.25) is 0 Å². The van der Waals surface area contributed by atoms with Crippen LogP contribution in [0.25, 0.3) is 10.2 Å². The quantitative estimate of drug-likeness (QED) is 0.564. The lowest BCUT2D eigenvalue weighted by Gasteiger charge is -2.18. The van der Waals surface area contributed by atoms with Crippen molar-refractivity contribution in [3.05, 3.63) is 59.4 Å². The van der Waals surface area contributed by atoms with E-state index in [0.717, 1.165) is 10.2 Å². The fourth-order valence-electron chi connectivity index (χ4n) is 3.21. The monoisotopic (exact) mass is 444 g/mol. The number of ether oxygens (including phenoxy) is 2. The Bertz CT molecular complexity index is 1320. The molecule has 156 valence electrons. The van der Waals surface area contributed by atoms with Crippen molar-refractivity contribution in [1.82, 2.24) is 4.57 Å². The van der Waals surface area contributed by atoms with Crippen LogP contribution in [0.15, 0.2) is 58.9 Å². The highest BCUT2D eigenvalue weighted by molar-refractivity contribution is 7.91. The molecule has 0 saturated heterocycles. The molecule has 30 heavy (non-hydrogen) atoms. The minimum absolute atomic E-state index is 0.00473. The van der Waals surface area contributed by atoms with Crippen LogP contribution >= 0.6 is 11.3 Å². The van der Waals surface area contributed by atoms with Gasteiger partial charge in [0.1, 0.15) is 13.2 Å². The number of hydrogen-bond donors (Lipinski definition) is 0. The third kappa shape index (κ3) is 3.66. The third-order valence-corrected chi connectivity index (χ3v) is 7.52. The number of carbonyl (C=O) groups excluding carboxylic acids is 1. The molecule has 2 heterocycles. The molecule has 9 heteroatoms. The van der Waals surface area contributed by atoms with Crippen molar-refractivity contribution in [2.24, 2.45) is 4.99 Å². The predicted molar refractivity (Wildman–Crippen MR) is 115 cm³/mol. The molecule has 0 spiro atoms. The Kier molecular flexibility index (Phi) is 5.48. The number of thiazole rings is 1. The summed E-state index contributed by atoms with van der Waals surface area (Å²) in [6.45, 7) is 6.72. The second-order valence-electron chi connectivity index (χ2n) is 6.56. The number of amides is 1. The summed E-state index contributed by atoms with van der Waals surface area (Å²) in [7, 11) is -3.56. The van der Waals surface area contributed by atoms with Gasteiger partial charge in [-0.25, -0.2) is 8.42 Å². The van der Waals surface area contributed by atoms with Crippen LogP contribution in [0, 0.1) is 0 Å². The average Bonchev–Trinajstić information content (AvgIpc) is 3.08. The molecule has 0 N–H and O–H groups in total. The summed E-state index contributed by atoms with van der Waals surface area (Å²) in [4.78, 5) is 17.7. The second kappa shape index (κ2) is 8.08. The van der Waals surface area contributed by atoms with E-state index in [1.807, 2.05) is 16.7 Å². The van der Waals surface area contributed by atoms with Gasteiger partial charge in [0.05, 0.1) is 26.4 Å². The Labute approximate surface area is 177 Å². The molecular formula is C21H20N2O5S2. The predicted octanol–water partition coefficient (Wildman–Crippen LogP) is 3.19. The number of benzene rings is 2. The van der Waals surface area contributed by atoms with Gasteiger partial charge in [-0.05, 0) is 12.1 Å². The molecule has 0 aliphatic carbocycles. The minimum Gasteiger partial charge on any atom is -0.486 e. The van der Waals surface area contributed by atoms with Crippen LogP contribution in [0.5, 0.6) is 11.5 Å². The first-order valence-corrected chi connectivity index (χ1v) is 11.9. The molecule has 7 nitrogen and oxygen atoms in total.